The second-order valence-electron chi connectivity index (χ2n) is 7.18. The highest BCUT2D eigenvalue weighted by atomic mass is 16.5. The van der Waals surface area contributed by atoms with E-state index in [0.717, 1.165) is 17.4 Å². The van der Waals surface area contributed by atoms with Crippen LogP contribution in [-0.2, 0) is 4.79 Å². The summed E-state index contributed by atoms with van der Waals surface area (Å²) in [5.74, 6) is 2.38. The van der Waals surface area contributed by atoms with Gasteiger partial charge in [-0.2, -0.15) is 0 Å². The minimum absolute atomic E-state index is 0.00893. The van der Waals surface area contributed by atoms with E-state index in [4.69, 9.17) is 9.47 Å². The van der Waals surface area contributed by atoms with Crippen molar-refractivity contribution in [2.45, 2.75) is 13.0 Å². The van der Waals surface area contributed by atoms with E-state index in [1.807, 2.05) is 70.3 Å². The highest BCUT2D eigenvalue weighted by Gasteiger charge is 2.27. The molecule has 1 atom stereocenters. The smallest absolute Gasteiger partial charge is 0.263 e. The number of piperazine rings is 1. The SMILES string of the molecule is COc1cccc(-n2ccnc2N2CCN(C(=O)C(C)Oc3ccccc3)CC2)c1. The molecule has 1 unspecified atom stereocenters. The summed E-state index contributed by atoms with van der Waals surface area (Å²) < 4.78 is 13.2. The van der Waals surface area contributed by atoms with Crippen LogP contribution in [-0.4, -0.2) is 59.8 Å². The van der Waals surface area contributed by atoms with Gasteiger partial charge in [0.05, 0.1) is 12.8 Å². The van der Waals surface area contributed by atoms with Crippen LogP contribution in [0.4, 0.5) is 5.95 Å². The molecule has 1 aromatic heterocycles. The number of hydrogen-bond donors (Lipinski definition) is 0. The summed E-state index contributed by atoms with van der Waals surface area (Å²) in [6, 6.07) is 17.3. The van der Waals surface area contributed by atoms with Crippen molar-refractivity contribution in [3.8, 4) is 17.2 Å². The molecule has 0 aliphatic carbocycles. The Morgan fingerprint density at radius 2 is 1.73 bits per heavy atom. The van der Waals surface area contributed by atoms with Gasteiger partial charge in [0.1, 0.15) is 11.5 Å². The molecule has 0 N–H and O–H groups in total. The van der Waals surface area contributed by atoms with Crippen LogP contribution < -0.4 is 14.4 Å². The van der Waals surface area contributed by atoms with Crippen LogP contribution in [0.5, 0.6) is 11.5 Å². The molecule has 3 aromatic rings. The average molecular weight is 406 g/mol. The first-order chi connectivity index (χ1) is 14.7. The van der Waals surface area contributed by atoms with Crippen molar-refractivity contribution in [2.24, 2.45) is 0 Å². The lowest BCUT2D eigenvalue weighted by Gasteiger charge is -2.36. The van der Waals surface area contributed by atoms with Crippen molar-refractivity contribution in [3.63, 3.8) is 0 Å². The van der Waals surface area contributed by atoms with Crippen LogP contribution in [0.3, 0.4) is 0 Å². The number of imidazole rings is 1. The number of para-hydroxylation sites is 1. The fourth-order valence-electron chi connectivity index (χ4n) is 3.63. The van der Waals surface area contributed by atoms with Crippen LogP contribution >= 0.6 is 0 Å². The Labute approximate surface area is 176 Å². The number of rotatable bonds is 6. The maximum absolute atomic E-state index is 12.8. The number of carbonyl (C=O) groups is 1. The number of methoxy groups -OCH3 is 1. The zero-order valence-corrected chi connectivity index (χ0v) is 17.3. The summed E-state index contributed by atoms with van der Waals surface area (Å²) in [6.07, 6.45) is 3.22. The van der Waals surface area contributed by atoms with E-state index in [1.54, 1.807) is 20.2 Å². The van der Waals surface area contributed by atoms with Crippen molar-refractivity contribution in [1.82, 2.24) is 14.5 Å². The molecule has 7 nitrogen and oxygen atoms in total. The molecule has 0 saturated carbocycles. The van der Waals surface area contributed by atoms with Crippen LogP contribution in [0.1, 0.15) is 6.92 Å². The first-order valence-electron chi connectivity index (χ1n) is 10.1. The van der Waals surface area contributed by atoms with Gasteiger partial charge in [-0.1, -0.05) is 24.3 Å². The standard InChI is InChI=1S/C23H26N4O3/c1-18(30-20-8-4-3-5-9-20)22(28)25-13-15-26(16-14-25)23-24-11-12-27(23)19-7-6-10-21(17-19)29-2/h3-12,17-18H,13-16H2,1-2H3. The number of aromatic nitrogens is 2. The molecule has 2 aromatic carbocycles. The monoisotopic (exact) mass is 406 g/mol. The van der Waals surface area contributed by atoms with Gasteiger partial charge in [0, 0.05) is 44.6 Å². The molecule has 1 aliphatic heterocycles. The highest BCUT2D eigenvalue weighted by molar-refractivity contribution is 5.81. The first kappa shape index (κ1) is 19.8. The van der Waals surface area contributed by atoms with Crippen molar-refractivity contribution in [3.05, 3.63) is 67.0 Å². The van der Waals surface area contributed by atoms with Crippen LogP contribution in [0.15, 0.2) is 67.0 Å². The minimum Gasteiger partial charge on any atom is -0.497 e. The third kappa shape index (κ3) is 4.25. The Bertz CT molecular complexity index is 981. The Balaban J connectivity index is 1.39. The van der Waals surface area contributed by atoms with E-state index < -0.39 is 6.10 Å². The molecule has 1 amide bonds. The first-order valence-corrected chi connectivity index (χ1v) is 10.1. The Kier molecular flexibility index (Phi) is 5.88. The van der Waals surface area contributed by atoms with E-state index in [2.05, 4.69) is 9.88 Å². The number of amides is 1. The fourth-order valence-corrected chi connectivity index (χ4v) is 3.63. The third-order valence-electron chi connectivity index (χ3n) is 5.23. The number of ether oxygens (including phenoxy) is 2. The summed E-state index contributed by atoms with van der Waals surface area (Å²) in [5, 5.41) is 0. The van der Waals surface area contributed by atoms with E-state index >= 15 is 0 Å². The largest absolute Gasteiger partial charge is 0.497 e. The Hall–Kier alpha value is -3.48. The second kappa shape index (κ2) is 8.90. The molecule has 4 rings (SSSR count). The van der Waals surface area contributed by atoms with Crippen molar-refractivity contribution < 1.29 is 14.3 Å². The summed E-state index contributed by atoms with van der Waals surface area (Å²) in [5.41, 5.74) is 0.991. The summed E-state index contributed by atoms with van der Waals surface area (Å²) in [4.78, 5) is 21.4. The van der Waals surface area contributed by atoms with Crippen molar-refractivity contribution in [1.29, 1.82) is 0 Å². The average Bonchev–Trinajstić information content (AvgIpc) is 3.29. The van der Waals surface area contributed by atoms with Gasteiger partial charge >= 0.3 is 0 Å². The minimum atomic E-state index is -0.516. The maximum atomic E-state index is 12.8. The molecular weight excluding hydrogens is 380 g/mol. The van der Waals surface area contributed by atoms with E-state index in [-0.39, 0.29) is 5.91 Å². The van der Waals surface area contributed by atoms with Gasteiger partial charge in [-0.05, 0) is 31.2 Å². The zero-order valence-electron chi connectivity index (χ0n) is 17.3. The van der Waals surface area contributed by atoms with E-state index in [9.17, 15) is 4.79 Å². The molecule has 7 heteroatoms. The molecule has 156 valence electrons. The highest BCUT2D eigenvalue weighted by Crippen LogP contribution is 2.23. The molecule has 2 heterocycles. The van der Waals surface area contributed by atoms with Gasteiger partial charge in [-0.15, -0.1) is 0 Å². The topological polar surface area (TPSA) is 59.8 Å². The molecule has 1 aliphatic rings. The van der Waals surface area contributed by atoms with Crippen LogP contribution in [0.25, 0.3) is 5.69 Å². The molecule has 1 saturated heterocycles. The van der Waals surface area contributed by atoms with Gasteiger partial charge in [0.25, 0.3) is 5.91 Å². The summed E-state index contributed by atoms with van der Waals surface area (Å²) >= 11 is 0. The quantitative estimate of drug-likeness (QED) is 0.630. The third-order valence-corrected chi connectivity index (χ3v) is 5.23. The Morgan fingerprint density at radius 1 is 1.00 bits per heavy atom. The maximum Gasteiger partial charge on any atom is 0.263 e. The lowest BCUT2D eigenvalue weighted by atomic mass is 10.2. The molecule has 0 spiro atoms. The molecule has 1 fully saturated rings. The normalized spacial score (nSPS) is 15.0. The van der Waals surface area contributed by atoms with Crippen molar-refractivity contribution in [2.75, 3.05) is 38.2 Å². The number of nitrogens with zero attached hydrogens (tertiary/aromatic N) is 4. The van der Waals surface area contributed by atoms with Gasteiger partial charge < -0.3 is 19.3 Å². The summed E-state index contributed by atoms with van der Waals surface area (Å²) in [7, 11) is 1.66. The van der Waals surface area contributed by atoms with Crippen molar-refractivity contribution >= 4 is 11.9 Å². The van der Waals surface area contributed by atoms with Crippen LogP contribution in [0, 0.1) is 0 Å². The van der Waals surface area contributed by atoms with E-state index in [0.29, 0.717) is 31.9 Å². The van der Waals surface area contributed by atoms with Gasteiger partial charge in [0.15, 0.2) is 6.10 Å². The summed E-state index contributed by atoms with van der Waals surface area (Å²) in [6.45, 7) is 4.49. The van der Waals surface area contributed by atoms with Crippen LogP contribution in [0.2, 0.25) is 0 Å². The number of benzene rings is 2. The zero-order chi connectivity index (χ0) is 20.9. The molecule has 30 heavy (non-hydrogen) atoms. The lowest BCUT2D eigenvalue weighted by Crippen LogP contribution is -2.52. The van der Waals surface area contributed by atoms with Gasteiger partial charge in [-0.25, -0.2) is 4.98 Å². The molecular formula is C23H26N4O3. The fraction of sp³-hybridized carbons (Fsp3) is 0.304. The van der Waals surface area contributed by atoms with Gasteiger partial charge in [0.2, 0.25) is 5.95 Å². The predicted molar refractivity (Wildman–Crippen MR) is 115 cm³/mol. The number of anilines is 1. The molecule has 0 radical (unpaired) electrons. The second-order valence-corrected chi connectivity index (χ2v) is 7.18. The van der Waals surface area contributed by atoms with Gasteiger partial charge in [-0.3, -0.25) is 9.36 Å². The number of hydrogen-bond acceptors (Lipinski definition) is 5. The molecule has 0 bridgehead atoms. The Morgan fingerprint density at radius 3 is 2.47 bits per heavy atom. The predicted octanol–water partition coefficient (Wildman–Crippen LogP) is 3.00. The number of carbonyl (C=O) groups excluding carboxylic acids is 1. The van der Waals surface area contributed by atoms with E-state index in [1.165, 1.54) is 0 Å². The lowest BCUT2D eigenvalue weighted by molar-refractivity contribution is -0.138.